The van der Waals surface area contributed by atoms with Crippen molar-refractivity contribution in [3.05, 3.63) is 35.9 Å². The number of hydrogen-bond donors (Lipinski definition) is 2. The molecule has 0 atom stereocenters. The lowest BCUT2D eigenvalue weighted by molar-refractivity contribution is 0.104. The third-order valence-electron chi connectivity index (χ3n) is 3.62. The predicted molar refractivity (Wildman–Crippen MR) is 70.2 cm³/mol. The summed E-state index contributed by atoms with van der Waals surface area (Å²) in [5.74, 6) is 0. The summed E-state index contributed by atoms with van der Waals surface area (Å²) in [5.41, 5.74) is 6.90. The molecule has 98 valence electrons. The fraction of sp³-hybridized carbons (Fsp3) is 0.500. The van der Waals surface area contributed by atoms with Gasteiger partial charge in [0.1, 0.15) is 0 Å². The monoisotopic (exact) mass is 248 g/mol. The topological polar surface area (TPSA) is 66.6 Å². The number of nitrogens with zero attached hydrogens (tertiary/aromatic N) is 1. The van der Waals surface area contributed by atoms with E-state index in [9.17, 15) is 9.90 Å². The summed E-state index contributed by atoms with van der Waals surface area (Å²) in [6, 6.07) is 10.1. The van der Waals surface area contributed by atoms with Gasteiger partial charge < -0.3 is 15.7 Å². The van der Waals surface area contributed by atoms with Crippen molar-refractivity contribution in [2.24, 2.45) is 5.73 Å². The fourth-order valence-corrected chi connectivity index (χ4v) is 2.55. The van der Waals surface area contributed by atoms with E-state index in [0.29, 0.717) is 6.54 Å². The van der Waals surface area contributed by atoms with Crippen molar-refractivity contribution in [1.29, 1.82) is 0 Å². The molecule has 1 fully saturated rings. The first-order valence-electron chi connectivity index (χ1n) is 6.46. The van der Waals surface area contributed by atoms with Gasteiger partial charge in [0.25, 0.3) is 0 Å². The van der Waals surface area contributed by atoms with Crippen LogP contribution >= 0.6 is 0 Å². The molecule has 0 heterocycles. The van der Waals surface area contributed by atoms with Crippen LogP contribution in [-0.2, 0) is 6.54 Å². The maximum absolute atomic E-state index is 11.4. The Hall–Kier alpha value is -1.55. The third-order valence-corrected chi connectivity index (χ3v) is 3.62. The summed E-state index contributed by atoms with van der Waals surface area (Å²) in [4.78, 5) is 12.9. The van der Waals surface area contributed by atoms with Gasteiger partial charge in [0.2, 0.25) is 0 Å². The van der Waals surface area contributed by atoms with Crippen LogP contribution in [0.1, 0.15) is 31.2 Å². The molecule has 0 radical (unpaired) electrons. The number of rotatable bonds is 3. The number of carboxylic acid groups (broad SMARTS) is 1. The highest BCUT2D eigenvalue weighted by Gasteiger charge is 2.27. The lowest BCUT2D eigenvalue weighted by atomic mass is 9.90. The molecule has 1 aromatic carbocycles. The van der Waals surface area contributed by atoms with E-state index in [1.165, 1.54) is 0 Å². The van der Waals surface area contributed by atoms with Gasteiger partial charge in [-0.05, 0) is 31.2 Å². The Kier molecular flexibility index (Phi) is 4.20. The van der Waals surface area contributed by atoms with Gasteiger partial charge >= 0.3 is 6.09 Å². The summed E-state index contributed by atoms with van der Waals surface area (Å²) in [6.07, 6.45) is 2.76. The van der Waals surface area contributed by atoms with Crippen molar-refractivity contribution in [2.75, 3.05) is 0 Å². The summed E-state index contributed by atoms with van der Waals surface area (Å²) < 4.78 is 0. The number of amides is 1. The van der Waals surface area contributed by atoms with E-state index in [4.69, 9.17) is 5.73 Å². The van der Waals surface area contributed by atoms with Gasteiger partial charge in [0.15, 0.2) is 0 Å². The molecule has 0 saturated heterocycles. The van der Waals surface area contributed by atoms with Gasteiger partial charge in [0, 0.05) is 18.6 Å². The van der Waals surface area contributed by atoms with Gasteiger partial charge in [-0.2, -0.15) is 0 Å². The molecule has 1 aliphatic rings. The van der Waals surface area contributed by atoms with E-state index < -0.39 is 6.09 Å². The maximum atomic E-state index is 11.4. The Morgan fingerprint density at radius 2 is 1.83 bits per heavy atom. The minimum absolute atomic E-state index is 0.113. The number of benzene rings is 1. The minimum atomic E-state index is -0.834. The first-order chi connectivity index (χ1) is 8.66. The molecule has 2 rings (SSSR count). The van der Waals surface area contributed by atoms with Crippen LogP contribution in [-0.4, -0.2) is 28.2 Å². The molecule has 0 aromatic heterocycles. The van der Waals surface area contributed by atoms with E-state index >= 15 is 0 Å². The van der Waals surface area contributed by atoms with Crippen molar-refractivity contribution in [3.8, 4) is 0 Å². The lowest BCUT2D eigenvalue weighted by Crippen LogP contribution is -2.43. The standard InChI is InChI=1S/C14H20N2O2/c15-12-6-8-13(9-7-12)16(14(17)18)10-11-4-2-1-3-5-11/h1-5,12-13H,6-10,15H2,(H,17,18). The van der Waals surface area contributed by atoms with E-state index in [1.54, 1.807) is 4.90 Å². The molecule has 0 bridgehead atoms. The van der Waals surface area contributed by atoms with Crippen LogP contribution in [0.2, 0.25) is 0 Å². The number of carbonyl (C=O) groups is 1. The first-order valence-corrected chi connectivity index (χ1v) is 6.46. The molecule has 0 spiro atoms. The van der Waals surface area contributed by atoms with Crippen LogP contribution in [0, 0.1) is 0 Å². The van der Waals surface area contributed by atoms with Crippen LogP contribution < -0.4 is 5.73 Å². The van der Waals surface area contributed by atoms with Crippen molar-refractivity contribution >= 4 is 6.09 Å². The van der Waals surface area contributed by atoms with E-state index in [2.05, 4.69) is 0 Å². The third kappa shape index (κ3) is 3.23. The Morgan fingerprint density at radius 3 is 2.39 bits per heavy atom. The molecule has 1 saturated carbocycles. The molecule has 3 N–H and O–H groups in total. The zero-order valence-corrected chi connectivity index (χ0v) is 10.5. The zero-order valence-electron chi connectivity index (χ0n) is 10.5. The lowest BCUT2D eigenvalue weighted by Gasteiger charge is -2.34. The summed E-state index contributed by atoms with van der Waals surface area (Å²) in [6.45, 7) is 0.468. The second-order valence-electron chi connectivity index (χ2n) is 4.96. The highest BCUT2D eigenvalue weighted by molar-refractivity contribution is 5.65. The van der Waals surface area contributed by atoms with E-state index in [0.717, 1.165) is 31.2 Å². The van der Waals surface area contributed by atoms with Crippen LogP contribution in [0.4, 0.5) is 4.79 Å². The molecule has 0 aliphatic heterocycles. The van der Waals surface area contributed by atoms with Gasteiger partial charge in [-0.3, -0.25) is 0 Å². The van der Waals surface area contributed by atoms with Crippen LogP contribution in [0.25, 0.3) is 0 Å². The van der Waals surface area contributed by atoms with Crippen LogP contribution in [0.15, 0.2) is 30.3 Å². The smallest absolute Gasteiger partial charge is 0.407 e. The Balaban J connectivity index is 2.02. The number of nitrogens with two attached hydrogens (primary N) is 1. The predicted octanol–water partition coefficient (Wildman–Crippen LogP) is 2.44. The average Bonchev–Trinajstić information content (AvgIpc) is 2.38. The van der Waals surface area contributed by atoms with E-state index in [-0.39, 0.29) is 12.1 Å². The highest BCUT2D eigenvalue weighted by atomic mass is 16.4. The maximum Gasteiger partial charge on any atom is 0.407 e. The van der Waals surface area contributed by atoms with Crippen molar-refractivity contribution < 1.29 is 9.90 Å². The summed E-state index contributed by atoms with van der Waals surface area (Å²) in [7, 11) is 0. The average molecular weight is 248 g/mol. The molecule has 4 nitrogen and oxygen atoms in total. The first kappa shape index (κ1) is 12.9. The molecule has 4 heteroatoms. The highest BCUT2D eigenvalue weighted by Crippen LogP contribution is 2.23. The SMILES string of the molecule is NC1CCC(N(Cc2ccccc2)C(=O)O)CC1. The van der Waals surface area contributed by atoms with Gasteiger partial charge in [-0.1, -0.05) is 30.3 Å². The second kappa shape index (κ2) is 5.87. The molecule has 1 amide bonds. The van der Waals surface area contributed by atoms with Gasteiger partial charge in [-0.15, -0.1) is 0 Å². The Bertz CT molecular complexity index is 386. The Labute approximate surface area is 107 Å². The fourth-order valence-electron chi connectivity index (χ4n) is 2.55. The van der Waals surface area contributed by atoms with Crippen LogP contribution in [0.5, 0.6) is 0 Å². The summed E-state index contributed by atoms with van der Waals surface area (Å²) in [5, 5.41) is 9.35. The molecule has 1 aliphatic carbocycles. The second-order valence-corrected chi connectivity index (χ2v) is 4.96. The van der Waals surface area contributed by atoms with Crippen molar-refractivity contribution in [1.82, 2.24) is 4.90 Å². The molecule has 18 heavy (non-hydrogen) atoms. The van der Waals surface area contributed by atoms with Crippen molar-refractivity contribution in [3.63, 3.8) is 0 Å². The van der Waals surface area contributed by atoms with Gasteiger partial charge in [0.05, 0.1) is 0 Å². The molecular weight excluding hydrogens is 228 g/mol. The largest absolute Gasteiger partial charge is 0.465 e. The van der Waals surface area contributed by atoms with E-state index in [1.807, 2.05) is 30.3 Å². The Morgan fingerprint density at radius 1 is 1.22 bits per heavy atom. The van der Waals surface area contributed by atoms with Crippen molar-refractivity contribution in [2.45, 2.75) is 44.3 Å². The summed E-state index contributed by atoms with van der Waals surface area (Å²) >= 11 is 0. The van der Waals surface area contributed by atoms with Gasteiger partial charge in [-0.25, -0.2) is 4.79 Å². The van der Waals surface area contributed by atoms with Crippen LogP contribution in [0.3, 0.4) is 0 Å². The normalized spacial score (nSPS) is 23.6. The molecule has 1 aromatic rings. The molecular formula is C14H20N2O2. The number of hydrogen-bond acceptors (Lipinski definition) is 2. The minimum Gasteiger partial charge on any atom is -0.465 e. The molecule has 0 unspecified atom stereocenters. The zero-order chi connectivity index (χ0) is 13.0. The quantitative estimate of drug-likeness (QED) is 0.863.